The third-order valence-electron chi connectivity index (χ3n) is 3.73. The lowest BCUT2D eigenvalue weighted by Crippen LogP contribution is -2.48. The molecule has 116 valence electrons. The summed E-state index contributed by atoms with van der Waals surface area (Å²) >= 11 is 0. The zero-order chi connectivity index (χ0) is 15.6. The van der Waals surface area contributed by atoms with Crippen LogP contribution in [0.5, 0.6) is 0 Å². The quantitative estimate of drug-likeness (QED) is 0.744. The number of carbonyl (C=O) groups excluding carboxylic acids is 1. The van der Waals surface area contributed by atoms with Gasteiger partial charge in [-0.15, -0.1) is 0 Å². The van der Waals surface area contributed by atoms with Gasteiger partial charge in [-0.3, -0.25) is 4.79 Å². The van der Waals surface area contributed by atoms with Gasteiger partial charge in [0.05, 0.1) is 6.54 Å². The molecule has 1 fully saturated rings. The first-order valence-electron chi connectivity index (χ1n) is 7.34. The van der Waals surface area contributed by atoms with Gasteiger partial charge in [-0.05, 0) is 24.3 Å². The highest BCUT2D eigenvalue weighted by atomic mass is 16.2. The van der Waals surface area contributed by atoms with E-state index in [0.717, 1.165) is 17.9 Å². The number of rotatable bonds is 3. The first-order chi connectivity index (χ1) is 11.3. The van der Waals surface area contributed by atoms with Crippen LogP contribution in [0.4, 0.5) is 17.2 Å². The van der Waals surface area contributed by atoms with Crippen molar-refractivity contribution in [3.63, 3.8) is 0 Å². The number of anilines is 3. The highest BCUT2D eigenvalue weighted by molar-refractivity contribution is 5.95. The third kappa shape index (κ3) is 2.59. The second-order valence-electron chi connectivity index (χ2n) is 5.20. The second-order valence-corrected chi connectivity index (χ2v) is 5.20. The number of nitrogens with zero attached hydrogens (tertiary/aromatic N) is 5. The number of amides is 1. The van der Waals surface area contributed by atoms with Gasteiger partial charge < -0.3 is 15.5 Å². The summed E-state index contributed by atoms with van der Waals surface area (Å²) in [6, 6.07) is 7.70. The largest absolute Gasteiger partial charge is 0.337 e. The molecule has 1 aliphatic rings. The lowest BCUT2D eigenvalue weighted by atomic mass is 10.2. The summed E-state index contributed by atoms with van der Waals surface area (Å²) in [5.41, 5.74) is 2.43. The van der Waals surface area contributed by atoms with Gasteiger partial charge in [-0.25, -0.2) is 14.5 Å². The first-order valence-corrected chi connectivity index (χ1v) is 7.34. The lowest BCUT2D eigenvalue weighted by molar-refractivity contribution is -0.118. The Morgan fingerprint density at radius 2 is 2.04 bits per heavy atom. The number of piperazine rings is 1. The molecular formula is C15H15N7O. The Hall–Kier alpha value is -3.00. The van der Waals surface area contributed by atoms with Crippen LogP contribution in [-0.4, -0.2) is 45.1 Å². The lowest BCUT2D eigenvalue weighted by Gasteiger charge is -2.27. The first kappa shape index (κ1) is 13.6. The van der Waals surface area contributed by atoms with Gasteiger partial charge >= 0.3 is 0 Å². The molecule has 1 amide bonds. The number of fused-ring (bicyclic) bond motifs is 1. The van der Waals surface area contributed by atoms with Gasteiger partial charge in [0.1, 0.15) is 6.33 Å². The Morgan fingerprint density at radius 3 is 2.87 bits per heavy atom. The molecule has 0 unspecified atom stereocenters. The highest BCUT2D eigenvalue weighted by Crippen LogP contribution is 2.22. The van der Waals surface area contributed by atoms with E-state index in [9.17, 15) is 4.79 Å². The molecule has 0 spiro atoms. The van der Waals surface area contributed by atoms with Crippen molar-refractivity contribution in [3.05, 3.63) is 43.0 Å². The van der Waals surface area contributed by atoms with Gasteiger partial charge in [0.25, 0.3) is 0 Å². The van der Waals surface area contributed by atoms with Gasteiger partial charge in [0, 0.05) is 36.9 Å². The molecule has 3 heterocycles. The van der Waals surface area contributed by atoms with Crippen LogP contribution >= 0.6 is 0 Å². The van der Waals surface area contributed by atoms with E-state index in [0.29, 0.717) is 24.6 Å². The number of benzene rings is 1. The van der Waals surface area contributed by atoms with Crippen molar-refractivity contribution in [1.29, 1.82) is 0 Å². The molecule has 0 radical (unpaired) electrons. The van der Waals surface area contributed by atoms with Crippen molar-refractivity contribution in [2.24, 2.45) is 0 Å². The van der Waals surface area contributed by atoms with Crippen LogP contribution in [0.2, 0.25) is 0 Å². The zero-order valence-corrected chi connectivity index (χ0v) is 12.3. The summed E-state index contributed by atoms with van der Waals surface area (Å²) < 4.78 is 1.66. The van der Waals surface area contributed by atoms with E-state index in [4.69, 9.17) is 0 Å². The van der Waals surface area contributed by atoms with E-state index in [1.165, 1.54) is 6.33 Å². The molecule has 3 aromatic rings. The summed E-state index contributed by atoms with van der Waals surface area (Å²) in [5.74, 6) is 0.725. The number of hydrogen-bond donors (Lipinski definition) is 2. The molecule has 1 aromatic carbocycles. The Morgan fingerprint density at radius 1 is 1.17 bits per heavy atom. The van der Waals surface area contributed by atoms with Crippen LogP contribution in [-0.2, 0) is 4.79 Å². The fourth-order valence-corrected chi connectivity index (χ4v) is 2.59. The summed E-state index contributed by atoms with van der Waals surface area (Å²) in [6.45, 7) is 1.88. The maximum atomic E-state index is 11.9. The minimum Gasteiger partial charge on any atom is -0.337 e. The number of hydrogen-bond acceptors (Lipinski definition) is 6. The van der Waals surface area contributed by atoms with Crippen molar-refractivity contribution >= 4 is 28.7 Å². The van der Waals surface area contributed by atoms with Gasteiger partial charge in [-0.2, -0.15) is 5.10 Å². The molecule has 2 aromatic heterocycles. The van der Waals surface area contributed by atoms with Crippen LogP contribution in [0.25, 0.3) is 5.65 Å². The average molecular weight is 309 g/mol. The van der Waals surface area contributed by atoms with E-state index in [1.807, 2.05) is 24.3 Å². The number of nitrogens with one attached hydrogen (secondary N) is 2. The van der Waals surface area contributed by atoms with Crippen molar-refractivity contribution in [2.45, 2.75) is 0 Å². The molecule has 1 aliphatic heterocycles. The molecule has 0 aliphatic carbocycles. The normalized spacial score (nSPS) is 15.1. The van der Waals surface area contributed by atoms with Crippen LogP contribution < -0.4 is 15.5 Å². The minimum absolute atomic E-state index is 0.0897. The molecule has 0 bridgehead atoms. The second kappa shape index (κ2) is 5.65. The molecule has 2 N–H and O–H groups in total. The smallest absolute Gasteiger partial charge is 0.240 e. The SMILES string of the molecule is O=C1CNCCN1c1ccc(Nc2nccn3ncnc23)cc1. The maximum absolute atomic E-state index is 11.9. The number of aromatic nitrogens is 4. The Balaban J connectivity index is 1.56. The van der Waals surface area contributed by atoms with Gasteiger partial charge in [0.15, 0.2) is 11.5 Å². The van der Waals surface area contributed by atoms with Crippen molar-refractivity contribution in [2.75, 3.05) is 29.9 Å². The molecular weight excluding hydrogens is 294 g/mol. The molecule has 0 saturated carbocycles. The Labute approximate surface area is 132 Å². The molecule has 4 rings (SSSR count). The summed E-state index contributed by atoms with van der Waals surface area (Å²) in [6.07, 6.45) is 4.89. The van der Waals surface area contributed by atoms with E-state index < -0.39 is 0 Å². The molecule has 23 heavy (non-hydrogen) atoms. The summed E-state index contributed by atoms with van der Waals surface area (Å²) in [5, 5.41) is 10.4. The molecule has 0 atom stereocenters. The summed E-state index contributed by atoms with van der Waals surface area (Å²) in [4.78, 5) is 22.2. The fourth-order valence-electron chi connectivity index (χ4n) is 2.59. The topological polar surface area (TPSA) is 87.5 Å². The Kier molecular flexibility index (Phi) is 3.35. The predicted molar refractivity (Wildman–Crippen MR) is 85.7 cm³/mol. The van der Waals surface area contributed by atoms with Crippen molar-refractivity contribution in [3.8, 4) is 0 Å². The van der Waals surface area contributed by atoms with Gasteiger partial charge in [0.2, 0.25) is 5.91 Å². The molecule has 8 heteroatoms. The van der Waals surface area contributed by atoms with E-state index in [2.05, 4.69) is 25.7 Å². The fraction of sp³-hybridized carbons (Fsp3) is 0.200. The predicted octanol–water partition coefficient (Wildman–Crippen LogP) is 0.804. The zero-order valence-electron chi connectivity index (χ0n) is 12.3. The van der Waals surface area contributed by atoms with Crippen LogP contribution in [0, 0.1) is 0 Å². The van der Waals surface area contributed by atoms with Crippen molar-refractivity contribution in [1.82, 2.24) is 24.9 Å². The average Bonchev–Trinajstić information content (AvgIpc) is 3.06. The minimum atomic E-state index is 0.0897. The van der Waals surface area contributed by atoms with Crippen molar-refractivity contribution < 1.29 is 4.79 Å². The maximum Gasteiger partial charge on any atom is 0.240 e. The van der Waals surface area contributed by atoms with Crippen LogP contribution in [0.1, 0.15) is 0 Å². The summed E-state index contributed by atoms with van der Waals surface area (Å²) in [7, 11) is 0. The molecule has 1 saturated heterocycles. The number of carbonyl (C=O) groups is 1. The van der Waals surface area contributed by atoms with Crippen LogP contribution in [0.3, 0.4) is 0 Å². The monoisotopic (exact) mass is 309 g/mol. The van der Waals surface area contributed by atoms with Gasteiger partial charge in [-0.1, -0.05) is 0 Å². The Bertz CT molecular complexity index is 842. The van der Waals surface area contributed by atoms with E-state index >= 15 is 0 Å². The molecule has 8 nitrogen and oxygen atoms in total. The third-order valence-corrected chi connectivity index (χ3v) is 3.73. The standard InChI is InChI=1S/C15H15N7O/c23-13-9-16-5-7-21(13)12-3-1-11(2-4-12)20-14-15-18-10-19-22(15)8-6-17-14/h1-4,6,8,10,16H,5,7,9H2,(H,17,20). The highest BCUT2D eigenvalue weighted by Gasteiger charge is 2.18. The van der Waals surface area contributed by atoms with Crippen LogP contribution in [0.15, 0.2) is 43.0 Å². The van der Waals surface area contributed by atoms with E-state index in [1.54, 1.807) is 21.8 Å². The van der Waals surface area contributed by atoms with E-state index in [-0.39, 0.29) is 5.91 Å².